The van der Waals surface area contributed by atoms with Gasteiger partial charge in [-0.25, -0.2) is 0 Å². The van der Waals surface area contributed by atoms with E-state index >= 15 is 0 Å². The highest BCUT2D eigenvalue weighted by Gasteiger charge is 2.20. The van der Waals surface area contributed by atoms with E-state index in [1.165, 1.54) is 44.9 Å². The van der Waals surface area contributed by atoms with Crippen LogP contribution in [0.1, 0.15) is 51.9 Å². The van der Waals surface area contributed by atoms with Gasteiger partial charge in [-0.3, -0.25) is 0 Å². The Morgan fingerprint density at radius 3 is 2.65 bits per heavy atom. The first kappa shape index (κ1) is 13.1. The number of hydrogen-bond donors (Lipinski definition) is 1. The second-order valence-corrected chi connectivity index (χ2v) is 5.41. The number of ether oxygens (including phenoxy) is 1. The number of hydrogen-bond acceptors (Lipinski definition) is 2. The molecule has 0 spiro atoms. The first-order valence-electron chi connectivity index (χ1n) is 7.43. The Bertz CT molecular complexity index is 237. The molecular formula is C15H27NO. The van der Waals surface area contributed by atoms with Crippen LogP contribution in [0, 0.1) is 5.92 Å². The van der Waals surface area contributed by atoms with Crippen LogP contribution in [0.2, 0.25) is 0 Å². The van der Waals surface area contributed by atoms with Crippen LogP contribution >= 0.6 is 0 Å². The zero-order valence-corrected chi connectivity index (χ0v) is 11.2. The summed E-state index contributed by atoms with van der Waals surface area (Å²) in [5, 5.41) is 3.50. The summed E-state index contributed by atoms with van der Waals surface area (Å²) in [6, 6.07) is 0. The molecule has 98 valence electrons. The van der Waals surface area contributed by atoms with Crippen molar-refractivity contribution in [1.82, 2.24) is 5.32 Å². The Balaban J connectivity index is 1.94. The molecule has 1 aliphatic heterocycles. The quantitative estimate of drug-likeness (QED) is 0.741. The van der Waals surface area contributed by atoms with Gasteiger partial charge in [-0.1, -0.05) is 37.8 Å². The van der Waals surface area contributed by atoms with Gasteiger partial charge < -0.3 is 10.1 Å². The Kier molecular flexibility index (Phi) is 5.53. The molecule has 0 amide bonds. The fourth-order valence-electron chi connectivity index (χ4n) is 3.05. The SMILES string of the molecule is CCNCC(=CC1CCCO1)C1CCCCC1. The number of rotatable bonds is 5. The maximum absolute atomic E-state index is 5.75. The van der Waals surface area contributed by atoms with Crippen molar-refractivity contribution in [1.29, 1.82) is 0 Å². The van der Waals surface area contributed by atoms with E-state index in [0.717, 1.165) is 25.6 Å². The van der Waals surface area contributed by atoms with Crippen LogP contribution in [0.4, 0.5) is 0 Å². The minimum Gasteiger partial charge on any atom is -0.374 e. The summed E-state index contributed by atoms with van der Waals surface area (Å²) in [6.45, 7) is 5.28. The van der Waals surface area contributed by atoms with E-state index in [2.05, 4.69) is 18.3 Å². The lowest BCUT2D eigenvalue weighted by Crippen LogP contribution is -2.23. The molecule has 2 rings (SSSR count). The second kappa shape index (κ2) is 7.17. The Morgan fingerprint density at radius 1 is 1.18 bits per heavy atom. The molecule has 2 heteroatoms. The molecule has 1 saturated heterocycles. The third kappa shape index (κ3) is 4.11. The van der Waals surface area contributed by atoms with E-state index in [0.29, 0.717) is 6.10 Å². The van der Waals surface area contributed by atoms with E-state index < -0.39 is 0 Å². The van der Waals surface area contributed by atoms with Crippen LogP contribution in [0.15, 0.2) is 11.6 Å². The van der Waals surface area contributed by atoms with Crippen molar-refractivity contribution in [3.63, 3.8) is 0 Å². The zero-order valence-electron chi connectivity index (χ0n) is 11.2. The van der Waals surface area contributed by atoms with Crippen LogP contribution in [0.25, 0.3) is 0 Å². The Morgan fingerprint density at radius 2 is 2.00 bits per heavy atom. The molecule has 1 N–H and O–H groups in total. The molecule has 17 heavy (non-hydrogen) atoms. The van der Waals surface area contributed by atoms with E-state index in [9.17, 15) is 0 Å². The molecule has 1 saturated carbocycles. The number of nitrogens with one attached hydrogen (secondary N) is 1. The van der Waals surface area contributed by atoms with Crippen molar-refractivity contribution in [2.75, 3.05) is 19.7 Å². The van der Waals surface area contributed by atoms with Crippen LogP contribution in [-0.4, -0.2) is 25.8 Å². The van der Waals surface area contributed by atoms with Crippen molar-refractivity contribution in [3.05, 3.63) is 11.6 Å². The average Bonchev–Trinajstić information content (AvgIpc) is 2.88. The van der Waals surface area contributed by atoms with Gasteiger partial charge in [0.05, 0.1) is 6.10 Å². The molecule has 1 heterocycles. The highest BCUT2D eigenvalue weighted by Crippen LogP contribution is 2.30. The monoisotopic (exact) mass is 237 g/mol. The molecule has 2 nitrogen and oxygen atoms in total. The highest BCUT2D eigenvalue weighted by atomic mass is 16.5. The van der Waals surface area contributed by atoms with Crippen LogP contribution < -0.4 is 5.32 Å². The van der Waals surface area contributed by atoms with Crippen molar-refractivity contribution in [2.45, 2.75) is 58.0 Å². The molecule has 0 aromatic heterocycles. The summed E-state index contributed by atoms with van der Waals surface area (Å²) in [7, 11) is 0. The molecule has 0 aromatic rings. The predicted molar refractivity (Wildman–Crippen MR) is 72.2 cm³/mol. The van der Waals surface area contributed by atoms with Crippen molar-refractivity contribution >= 4 is 0 Å². The average molecular weight is 237 g/mol. The first-order valence-corrected chi connectivity index (χ1v) is 7.43. The van der Waals surface area contributed by atoms with Gasteiger partial charge in [0, 0.05) is 13.2 Å². The molecule has 1 aliphatic carbocycles. The van der Waals surface area contributed by atoms with Crippen LogP contribution in [-0.2, 0) is 4.74 Å². The first-order chi connectivity index (χ1) is 8.40. The van der Waals surface area contributed by atoms with E-state index in [4.69, 9.17) is 4.74 Å². The van der Waals surface area contributed by atoms with E-state index in [1.807, 2.05) is 0 Å². The van der Waals surface area contributed by atoms with Crippen molar-refractivity contribution in [2.24, 2.45) is 5.92 Å². The molecular weight excluding hydrogens is 210 g/mol. The fraction of sp³-hybridized carbons (Fsp3) is 0.867. The standard InChI is InChI=1S/C15H27NO/c1-2-16-12-14(11-15-9-6-10-17-15)13-7-4-3-5-8-13/h11,13,15-16H,2-10,12H2,1H3. The minimum atomic E-state index is 0.408. The lowest BCUT2D eigenvalue weighted by molar-refractivity contribution is 0.144. The Labute approximate surface area is 106 Å². The minimum absolute atomic E-state index is 0.408. The van der Waals surface area contributed by atoms with Crippen molar-refractivity contribution < 1.29 is 4.74 Å². The lowest BCUT2D eigenvalue weighted by Gasteiger charge is -2.25. The molecule has 0 aromatic carbocycles. The summed E-state index contributed by atoms with van der Waals surface area (Å²) in [5.41, 5.74) is 1.62. The summed E-state index contributed by atoms with van der Waals surface area (Å²) in [5.74, 6) is 0.826. The highest BCUT2D eigenvalue weighted by molar-refractivity contribution is 5.13. The molecule has 0 radical (unpaired) electrons. The molecule has 2 aliphatic rings. The maximum atomic E-state index is 5.75. The summed E-state index contributed by atoms with van der Waals surface area (Å²) >= 11 is 0. The summed E-state index contributed by atoms with van der Waals surface area (Å²) < 4.78 is 5.75. The molecule has 1 atom stereocenters. The molecule has 0 bridgehead atoms. The van der Waals surface area contributed by atoms with E-state index in [-0.39, 0.29) is 0 Å². The fourth-order valence-corrected chi connectivity index (χ4v) is 3.05. The third-order valence-corrected chi connectivity index (χ3v) is 4.07. The summed E-state index contributed by atoms with van der Waals surface area (Å²) in [6.07, 6.45) is 12.4. The van der Waals surface area contributed by atoms with Gasteiger partial charge in [-0.05, 0) is 38.1 Å². The van der Waals surface area contributed by atoms with Gasteiger partial charge in [0.25, 0.3) is 0 Å². The maximum Gasteiger partial charge on any atom is 0.0759 e. The van der Waals surface area contributed by atoms with Gasteiger partial charge in [0.1, 0.15) is 0 Å². The van der Waals surface area contributed by atoms with Gasteiger partial charge in [-0.15, -0.1) is 0 Å². The third-order valence-electron chi connectivity index (χ3n) is 4.07. The van der Waals surface area contributed by atoms with E-state index in [1.54, 1.807) is 5.57 Å². The topological polar surface area (TPSA) is 21.3 Å². The zero-order chi connectivity index (χ0) is 11.9. The lowest BCUT2D eigenvalue weighted by atomic mass is 9.83. The largest absolute Gasteiger partial charge is 0.374 e. The van der Waals surface area contributed by atoms with Gasteiger partial charge >= 0.3 is 0 Å². The van der Waals surface area contributed by atoms with Crippen molar-refractivity contribution in [3.8, 4) is 0 Å². The number of likely N-dealkylation sites (N-methyl/N-ethyl adjacent to an activating group) is 1. The second-order valence-electron chi connectivity index (χ2n) is 5.41. The normalized spacial score (nSPS) is 27.6. The smallest absolute Gasteiger partial charge is 0.0759 e. The van der Waals surface area contributed by atoms with Gasteiger partial charge in [0.15, 0.2) is 0 Å². The predicted octanol–water partition coefficient (Wildman–Crippen LogP) is 3.28. The summed E-state index contributed by atoms with van der Waals surface area (Å²) in [4.78, 5) is 0. The molecule has 2 fully saturated rings. The molecule has 1 unspecified atom stereocenters. The Hall–Kier alpha value is -0.340. The van der Waals surface area contributed by atoms with Gasteiger partial charge in [-0.2, -0.15) is 0 Å². The van der Waals surface area contributed by atoms with Gasteiger partial charge in [0.2, 0.25) is 0 Å². The van der Waals surface area contributed by atoms with Crippen LogP contribution in [0.3, 0.4) is 0 Å². The van der Waals surface area contributed by atoms with Crippen LogP contribution in [0.5, 0.6) is 0 Å².